The van der Waals surface area contributed by atoms with Crippen LogP contribution in [0.2, 0.25) is 0 Å². The van der Waals surface area contributed by atoms with E-state index < -0.39 is 0 Å². The smallest absolute Gasteiger partial charge is 0.229 e. The van der Waals surface area contributed by atoms with Crippen LogP contribution in [-0.2, 0) is 6.42 Å². The van der Waals surface area contributed by atoms with E-state index in [2.05, 4.69) is 40.5 Å². The van der Waals surface area contributed by atoms with E-state index in [-0.39, 0.29) is 5.82 Å². The first-order valence-corrected chi connectivity index (χ1v) is 9.22. The molecule has 3 rings (SSSR count). The zero-order chi connectivity index (χ0) is 19.2. The summed E-state index contributed by atoms with van der Waals surface area (Å²) in [5.74, 6) is 1.50. The van der Waals surface area contributed by atoms with Crippen LogP contribution < -0.4 is 10.6 Å². The number of nitrogens with zero attached hydrogens (tertiary/aromatic N) is 2. The van der Waals surface area contributed by atoms with E-state index in [1.165, 1.54) is 11.6 Å². The quantitative estimate of drug-likeness (QED) is 0.586. The summed E-state index contributed by atoms with van der Waals surface area (Å²) in [7, 11) is 0. The summed E-state index contributed by atoms with van der Waals surface area (Å²) >= 11 is 0. The van der Waals surface area contributed by atoms with Crippen LogP contribution in [0.4, 0.5) is 21.8 Å². The first-order valence-electron chi connectivity index (χ1n) is 9.22. The van der Waals surface area contributed by atoms with Crippen LogP contribution >= 0.6 is 0 Å². The van der Waals surface area contributed by atoms with Gasteiger partial charge in [0.25, 0.3) is 0 Å². The van der Waals surface area contributed by atoms with Gasteiger partial charge in [0.15, 0.2) is 0 Å². The lowest BCUT2D eigenvalue weighted by Gasteiger charge is -2.15. The second-order valence-corrected chi connectivity index (χ2v) is 6.85. The Hall–Kier alpha value is -2.95. The highest BCUT2D eigenvalue weighted by Crippen LogP contribution is 2.26. The Kier molecular flexibility index (Phi) is 6.01. The van der Waals surface area contributed by atoms with Gasteiger partial charge in [-0.25, -0.2) is 9.37 Å². The Labute approximate surface area is 159 Å². The lowest BCUT2D eigenvalue weighted by atomic mass is 10.0. The van der Waals surface area contributed by atoms with Crippen molar-refractivity contribution in [2.75, 3.05) is 17.2 Å². The highest BCUT2D eigenvalue weighted by atomic mass is 19.1. The number of para-hydroxylation sites is 1. The van der Waals surface area contributed by atoms with Crippen LogP contribution in [0, 0.1) is 12.7 Å². The number of rotatable bonds is 7. The maximum Gasteiger partial charge on any atom is 0.229 e. The van der Waals surface area contributed by atoms with Crippen molar-refractivity contribution >= 4 is 17.5 Å². The molecule has 27 heavy (non-hydrogen) atoms. The van der Waals surface area contributed by atoms with Crippen molar-refractivity contribution in [3.63, 3.8) is 0 Å². The largest absolute Gasteiger partial charge is 0.370 e. The second kappa shape index (κ2) is 8.62. The number of hydrogen-bond acceptors (Lipinski definition) is 4. The van der Waals surface area contributed by atoms with Crippen molar-refractivity contribution in [1.29, 1.82) is 0 Å². The van der Waals surface area contributed by atoms with Crippen molar-refractivity contribution < 1.29 is 4.39 Å². The van der Waals surface area contributed by atoms with E-state index in [4.69, 9.17) is 0 Å². The normalized spacial score (nSPS) is 10.9. The molecule has 2 N–H and O–H groups in total. The minimum absolute atomic E-state index is 0.175. The van der Waals surface area contributed by atoms with Crippen molar-refractivity contribution in [1.82, 2.24) is 9.97 Å². The summed E-state index contributed by atoms with van der Waals surface area (Å²) in [5.41, 5.74) is 3.79. The molecule has 140 valence electrons. The summed E-state index contributed by atoms with van der Waals surface area (Å²) in [6.07, 6.45) is 0.592. The van der Waals surface area contributed by atoms with Gasteiger partial charge in [-0.1, -0.05) is 50.2 Å². The molecule has 0 spiro atoms. The Morgan fingerprint density at radius 2 is 1.74 bits per heavy atom. The number of benzene rings is 2. The lowest BCUT2D eigenvalue weighted by molar-refractivity contribution is 0.610. The van der Waals surface area contributed by atoms with E-state index in [9.17, 15) is 4.39 Å². The zero-order valence-corrected chi connectivity index (χ0v) is 16.0. The Bertz CT molecular complexity index is 908. The van der Waals surface area contributed by atoms with E-state index in [0.29, 0.717) is 30.4 Å². The van der Waals surface area contributed by atoms with E-state index in [0.717, 1.165) is 17.2 Å². The Morgan fingerprint density at radius 1 is 1.00 bits per heavy atom. The summed E-state index contributed by atoms with van der Waals surface area (Å²) in [6, 6.07) is 16.9. The number of hydrogen-bond donors (Lipinski definition) is 2. The molecule has 1 heterocycles. The zero-order valence-electron chi connectivity index (χ0n) is 16.0. The van der Waals surface area contributed by atoms with Gasteiger partial charge >= 0.3 is 0 Å². The van der Waals surface area contributed by atoms with Crippen LogP contribution in [0.25, 0.3) is 0 Å². The maximum atomic E-state index is 13.7. The highest BCUT2D eigenvalue weighted by molar-refractivity contribution is 5.60. The molecule has 4 nitrogen and oxygen atoms in total. The molecule has 2 aromatic carbocycles. The van der Waals surface area contributed by atoms with Crippen LogP contribution in [0.3, 0.4) is 0 Å². The minimum atomic E-state index is -0.175. The molecule has 5 heteroatoms. The summed E-state index contributed by atoms with van der Waals surface area (Å²) in [6.45, 7) is 6.85. The van der Waals surface area contributed by atoms with Crippen LogP contribution in [-0.4, -0.2) is 16.5 Å². The first kappa shape index (κ1) is 18.8. The number of aryl methyl sites for hydroxylation is 1. The molecule has 3 aromatic rings. The molecule has 0 aliphatic rings. The van der Waals surface area contributed by atoms with E-state index in [1.54, 1.807) is 12.1 Å². The third-order valence-corrected chi connectivity index (χ3v) is 4.34. The minimum Gasteiger partial charge on any atom is -0.370 e. The summed E-state index contributed by atoms with van der Waals surface area (Å²) in [4.78, 5) is 9.04. The SMILES string of the molecule is Cc1cc(NCCc2ccccc2F)nc(Nc2ccccc2C(C)C)n1. The van der Waals surface area contributed by atoms with Gasteiger partial charge in [-0.2, -0.15) is 4.98 Å². The topological polar surface area (TPSA) is 49.8 Å². The number of anilines is 3. The van der Waals surface area contributed by atoms with Crippen LogP contribution in [0.1, 0.15) is 36.6 Å². The number of nitrogens with one attached hydrogen (secondary N) is 2. The second-order valence-electron chi connectivity index (χ2n) is 6.85. The average Bonchev–Trinajstić information content (AvgIpc) is 2.63. The Balaban J connectivity index is 1.70. The summed E-state index contributed by atoms with van der Waals surface area (Å²) in [5, 5.41) is 6.60. The van der Waals surface area contributed by atoms with Gasteiger partial charge in [0.2, 0.25) is 5.95 Å². The number of aromatic nitrogens is 2. The fourth-order valence-corrected chi connectivity index (χ4v) is 2.98. The third kappa shape index (κ3) is 5.03. The Morgan fingerprint density at radius 3 is 2.52 bits per heavy atom. The maximum absolute atomic E-state index is 13.7. The van der Waals surface area contributed by atoms with Crippen molar-refractivity contribution in [3.8, 4) is 0 Å². The molecular weight excluding hydrogens is 339 g/mol. The van der Waals surface area contributed by atoms with Gasteiger partial charge in [-0.15, -0.1) is 0 Å². The molecule has 0 atom stereocenters. The molecule has 0 aliphatic heterocycles. The molecule has 0 saturated heterocycles. The number of halogens is 1. The third-order valence-electron chi connectivity index (χ3n) is 4.34. The van der Waals surface area contributed by atoms with E-state index >= 15 is 0 Å². The van der Waals surface area contributed by atoms with Crippen molar-refractivity contribution in [2.24, 2.45) is 0 Å². The molecule has 0 unspecified atom stereocenters. The van der Waals surface area contributed by atoms with Gasteiger partial charge in [0, 0.05) is 24.0 Å². The predicted octanol–water partition coefficient (Wildman–Crippen LogP) is 5.45. The molecular formula is C22H25FN4. The van der Waals surface area contributed by atoms with E-state index in [1.807, 2.05) is 37.3 Å². The molecule has 0 fully saturated rings. The highest BCUT2D eigenvalue weighted by Gasteiger charge is 2.09. The molecule has 0 saturated carbocycles. The van der Waals surface area contributed by atoms with Crippen molar-refractivity contribution in [3.05, 3.63) is 77.2 Å². The van der Waals surface area contributed by atoms with Gasteiger partial charge in [-0.3, -0.25) is 0 Å². The van der Waals surface area contributed by atoms with Crippen LogP contribution in [0.5, 0.6) is 0 Å². The molecule has 0 amide bonds. The predicted molar refractivity (Wildman–Crippen MR) is 109 cm³/mol. The first-order chi connectivity index (χ1) is 13.0. The fraction of sp³-hybridized carbons (Fsp3) is 0.273. The fourth-order valence-electron chi connectivity index (χ4n) is 2.98. The van der Waals surface area contributed by atoms with Gasteiger partial charge in [-0.05, 0) is 42.5 Å². The molecule has 0 bridgehead atoms. The standard InChI is InChI=1S/C22H25FN4/c1-15(2)18-9-5-7-11-20(18)26-22-25-16(3)14-21(27-22)24-13-12-17-8-4-6-10-19(17)23/h4-11,14-15H,12-13H2,1-3H3,(H2,24,25,26,27). The molecule has 1 aromatic heterocycles. The lowest BCUT2D eigenvalue weighted by Crippen LogP contribution is -2.10. The van der Waals surface area contributed by atoms with Gasteiger partial charge in [0.1, 0.15) is 11.6 Å². The van der Waals surface area contributed by atoms with Gasteiger partial charge < -0.3 is 10.6 Å². The monoisotopic (exact) mass is 364 g/mol. The van der Waals surface area contributed by atoms with Gasteiger partial charge in [0.05, 0.1) is 0 Å². The van der Waals surface area contributed by atoms with Crippen LogP contribution in [0.15, 0.2) is 54.6 Å². The summed E-state index contributed by atoms with van der Waals surface area (Å²) < 4.78 is 13.7. The van der Waals surface area contributed by atoms with Crippen molar-refractivity contribution in [2.45, 2.75) is 33.1 Å². The molecule has 0 radical (unpaired) electrons. The molecule has 0 aliphatic carbocycles. The average molecular weight is 364 g/mol.